The van der Waals surface area contributed by atoms with Gasteiger partial charge in [-0.15, -0.1) is 0 Å². The Kier molecular flexibility index (Phi) is 7.87. The molecule has 4 unspecified atom stereocenters. The highest BCUT2D eigenvalue weighted by Crippen LogP contribution is 2.56. The van der Waals surface area contributed by atoms with Gasteiger partial charge in [0.1, 0.15) is 10.5 Å². The number of hydrogen-bond acceptors (Lipinski definition) is 1. The zero-order valence-electron chi connectivity index (χ0n) is 12.9. The normalized spacial score (nSPS) is 19.5. The largest absolute Gasteiger partial charge is 0.422 e. The highest BCUT2D eigenvalue weighted by Gasteiger charge is 2.85. The van der Waals surface area contributed by atoms with Crippen LogP contribution in [0.25, 0.3) is 0 Å². The van der Waals surface area contributed by atoms with Crippen LogP contribution in [-0.4, -0.2) is 65.2 Å². The summed E-state index contributed by atoms with van der Waals surface area (Å²) in [6.45, 7) is 0.921. The van der Waals surface area contributed by atoms with Gasteiger partial charge >= 0.3 is 23.7 Å². The van der Waals surface area contributed by atoms with Gasteiger partial charge in [0, 0.05) is 0 Å². The Hall–Kier alpha value is -0.733. The van der Waals surface area contributed by atoms with Crippen LogP contribution >= 0.6 is 0 Å². The maximum atomic E-state index is 13.5. The van der Waals surface area contributed by atoms with Crippen LogP contribution in [0.3, 0.4) is 0 Å². The molecule has 0 saturated carbocycles. The molecule has 0 aliphatic carbocycles. The summed E-state index contributed by atoms with van der Waals surface area (Å²) in [4.78, 5) is 0. The summed E-state index contributed by atoms with van der Waals surface area (Å²) in [6.07, 6.45) is -22.0. The highest BCUT2D eigenvalue weighted by atomic mass is 28.2. The van der Waals surface area contributed by atoms with Crippen molar-refractivity contribution in [3.8, 4) is 0 Å². The summed E-state index contributed by atoms with van der Waals surface area (Å²) in [5.41, 5.74) is 0. The molecule has 1 nitrogen and oxygen atoms in total. The number of alkyl halides is 13. The van der Waals surface area contributed by atoms with Gasteiger partial charge in [0.05, 0.1) is 6.10 Å². The molecule has 0 rings (SSSR count). The quantitative estimate of drug-likeness (QED) is 0.373. The molecule has 26 heavy (non-hydrogen) atoms. The molecule has 4 atom stereocenters. The second-order valence-electron chi connectivity index (χ2n) is 5.16. The molecule has 0 aromatic carbocycles. The van der Waals surface area contributed by atoms with Gasteiger partial charge < -0.3 is 4.43 Å². The van der Waals surface area contributed by atoms with Gasteiger partial charge in [-0.3, -0.25) is 0 Å². The molecule has 0 amide bonds. The lowest BCUT2D eigenvalue weighted by Crippen LogP contribution is -2.69. The molecule has 0 aliphatic rings. The van der Waals surface area contributed by atoms with E-state index in [0.717, 1.165) is 6.92 Å². The first-order valence-electron chi connectivity index (χ1n) is 6.69. The van der Waals surface area contributed by atoms with Crippen molar-refractivity contribution in [1.82, 2.24) is 0 Å². The van der Waals surface area contributed by atoms with E-state index in [0.29, 0.717) is 0 Å². The molecule has 0 aromatic rings. The fourth-order valence-electron chi connectivity index (χ4n) is 1.82. The van der Waals surface area contributed by atoms with Crippen molar-refractivity contribution >= 4 is 10.5 Å². The third kappa shape index (κ3) is 3.92. The van der Waals surface area contributed by atoms with Crippen molar-refractivity contribution in [1.29, 1.82) is 0 Å². The molecule has 0 saturated heterocycles. The van der Waals surface area contributed by atoms with E-state index in [1.54, 1.807) is 0 Å². The van der Waals surface area contributed by atoms with Gasteiger partial charge in [-0.25, -0.2) is 22.0 Å². The number of rotatable bonds is 10. The standard InChI is InChI=1S/C11H13F13OSi/c1-2-3(25-26)5(13)8(17,18)10(21,22)11(23,24)9(19,20)6(14)4(12)7(15)16/h3-7H,2H2,1,26H3. The van der Waals surface area contributed by atoms with Crippen LogP contribution in [0.1, 0.15) is 13.3 Å². The summed E-state index contributed by atoms with van der Waals surface area (Å²) in [6, 6.07) is 0. The van der Waals surface area contributed by atoms with Crippen molar-refractivity contribution < 1.29 is 61.5 Å². The van der Waals surface area contributed by atoms with Gasteiger partial charge in [0.15, 0.2) is 12.3 Å². The predicted octanol–water partition coefficient (Wildman–Crippen LogP) is 3.88. The van der Waals surface area contributed by atoms with Crippen LogP contribution in [0.15, 0.2) is 0 Å². The zero-order valence-corrected chi connectivity index (χ0v) is 14.9. The van der Waals surface area contributed by atoms with E-state index in [9.17, 15) is 57.1 Å². The first-order chi connectivity index (χ1) is 11.4. The van der Waals surface area contributed by atoms with Crippen molar-refractivity contribution in [3.63, 3.8) is 0 Å². The lowest BCUT2D eigenvalue weighted by Gasteiger charge is -2.40. The minimum Gasteiger partial charge on any atom is -0.422 e. The number of halogens is 13. The van der Waals surface area contributed by atoms with E-state index in [1.807, 2.05) is 0 Å². The molecule has 0 aliphatic heterocycles. The molecular weight excluding hydrogens is 423 g/mol. The lowest BCUT2D eigenvalue weighted by molar-refractivity contribution is -0.389. The molecule has 0 N–H and O–H groups in total. The Balaban J connectivity index is 6.06. The molecule has 0 fully saturated rings. The van der Waals surface area contributed by atoms with Crippen molar-refractivity contribution in [3.05, 3.63) is 0 Å². The summed E-state index contributed by atoms with van der Waals surface area (Å²) >= 11 is 0. The molecule has 0 bridgehead atoms. The summed E-state index contributed by atoms with van der Waals surface area (Å²) in [7, 11) is -0.524. The van der Waals surface area contributed by atoms with Gasteiger partial charge in [0.25, 0.3) is 6.43 Å². The summed E-state index contributed by atoms with van der Waals surface area (Å²) < 4.78 is 174. The van der Waals surface area contributed by atoms with E-state index in [-0.39, 0.29) is 0 Å². The smallest absolute Gasteiger partial charge is 0.381 e. The maximum absolute atomic E-state index is 13.5. The van der Waals surface area contributed by atoms with Crippen LogP contribution < -0.4 is 0 Å². The molecule has 0 heterocycles. The Bertz CT molecular complexity index is 423. The fraction of sp³-hybridized carbons (Fsp3) is 1.00. The first kappa shape index (κ1) is 25.3. The monoisotopic (exact) mass is 436 g/mol. The topological polar surface area (TPSA) is 9.23 Å². The molecular formula is C11H13F13OSi. The Morgan fingerprint density at radius 2 is 1.08 bits per heavy atom. The lowest BCUT2D eigenvalue weighted by atomic mass is 9.90. The van der Waals surface area contributed by atoms with Crippen molar-refractivity contribution in [2.45, 2.75) is 68.1 Å². The zero-order chi connectivity index (χ0) is 21.3. The van der Waals surface area contributed by atoms with E-state index in [1.165, 1.54) is 0 Å². The number of hydrogen-bond donors (Lipinski definition) is 0. The predicted molar refractivity (Wildman–Crippen MR) is 65.6 cm³/mol. The second kappa shape index (κ2) is 8.10. The summed E-state index contributed by atoms with van der Waals surface area (Å²) in [5, 5.41) is 0. The SMILES string of the molecule is CCC(O[SiH3])C(F)C(F)(F)C(F)(F)C(F)(F)C(F)(F)C(F)C(F)C(F)F. The minimum absolute atomic E-state index is 0.524. The van der Waals surface area contributed by atoms with Gasteiger partial charge in [-0.1, -0.05) is 6.92 Å². The van der Waals surface area contributed by atoms with Crippen LogP contribution in [0.5, 0.6) is 0 Å². The van der Waals surface area contributed by atoms with Crippen molar-refractivity contribution in [2.75, 3.05) is 0 Å². The van der Waals surface area contributed by atoms with E-state index in [4.69, 9.17) is 0 Å². The molecule has 158 valence electrons. The third-order valence-corrected chi connectivity index (χ3v) is 4.08. The summed E-state index contributed by atoms with van der Waals surface area (Å²) in [5.74, 6) is -28.2. The van der Waals surface area contributed by atoms with E-state index < -0.39 is 71.6 Å². The van der Waals surface area contributed by atoms with Crippen LogP contribution in [0.4, 0.5) is 57.1 Å². The van der Waals surface area contributed by atoms with E-state index >= 15 is 0 Å². The Morgan fingerprint density at radius 1 is 0.731 bits per heavy atom. The van der Waals surface area contributed by atoms with Gasteiger partial charge in [-0.2, -0.15) is 35.1 Å². The fourth-order valence-corrected chi connectivity index (χ4v) is 2.39. The molecule has 0 radical (unpaired) electrons. The van der Waals surface area contributed by atoms with Crippen molar-refractivity contribution in [2.24, 2.45) is 0 Å². The maximum Gasteiger partial charge on any atom is 0.381 e. The van der Waals surface area contributed by atoms with Crippen LogP contribution in [0, 0.1) is 0 Å². The van der Waals surface area contributed by atoms with Crippen LogP contribution in [0.2, 0.25) is 0 Å². The van der Waals surface area contributed by atoms with Crippen LogP contribution in [-0.2, 0) is 4.43 Å². The molecule has 0 aromatic heterocycles. The Morgan fingerprint density at radius 3 is 1.35 bits per heavy atom. The molecule has 0 spiro atoms. The third-order valence-electron chi connectivity index (χ3n) is 3.48. The molecule has 15 heteroatoms. The van der Waals surface area contributed by atoms with E-state index in [2.05, 4.69) is 4.43 Å². The first-order valence-corrected chi connectivity index (χ1v) is 7.51. The van der Waals surface area contributed by atoms with Gasteiger partial charge in [0.2, 0.25) is 6.17 Å². The average molecular weight is 436 g/mol. The Labute approximate surface area is 141 Å². The average Bonchev–Trinajstić information content (AvgIpc) is 2.53. The highest BCUT2D eigenvalue weighted by molar-refractivity contribution is 5.98. The second-order valence-corrected chi connectivity index (χ2v) is 5.63. The minimum atomic E-state index is -7.42. The van der Waals surface area contributed by atoms with Gasteiger partial charge in [-0.05, 0) is 6.42 Å².